The number of hydrogen-bond donors (Lipinski definition) is 0. The number of ether oxygens (including phenoxy) is 2. The molecule has 0 aliphatic rings. The van der Waals surface area contributed by atoms with E-state index in [9.17, 15) is 10.5 Å². The fourth-order valence-corrected chi connectivity index (χ4v) is 3.51. The van der Waals surface area contributed by atoms with Crippen molar-refractivity contribution in [3.63, 3.8) is 0 Å². The third kappa shape index (κ3) is 7.90. The molecule has 0 saturated carbocycles. The summed E-state index contributed by atoms with van der Waals surface area (Å²) in [6.45, 7) is 5.68. The topological polar surface area (TPSA) is 66.0 Å². The summed E-state index contributed by atoms with van der Waals surface area (Å²) >= 11 is 0. The molecule has 0 unspecified atom stereocenters. The van der Waals surface area contributed by atoms with Gasteiger partial charge in [-0.3, -0.25) is 0 Å². The van der Waals surface area contributed by atoms with Gasteiger partial charge in [-0.1, -0.05) is 75.2 Å². The van der Waals surface area contributed by atoms with Crippen LogP contribution >= 0.6 is 0 Å². The van der Waals surface area contributed by atoms with Crippen LogP contribution in [0, 0.1) is 22.7 Å². The SMILES string of the molecule is CCCCOc1ccc(/C=C(\C#N)c2ccc(/C(C#N)=C\c3ccc(OCCCC)cc3)cc2)cc1. The third-order valence-electron chi connectivity index (χ3n) is 5.66. The molecule has 0 radical (unpaired) electrons. The second-order valence-electron chi connectivity index (χ2n) is 8.46. The highest BCUT2D eigenvalue weighted by Gasteiger charge is 2.06. The Bertz CT molecular complexity index is 1140. The number of unbranched alkanes of at least 4 members (excludes halogenated alkanes) is 2. The van der Waals surface area contributed by atoms with Gasteiger partial charge in [0.1, 0.15) is 11.5 Å². The zero-order valence-corrected chi connectivity index (χ0v) is 21.0. The van der Waals surface area contributed by atoms with Gasteiger partial charge in [-0.05, 0) is 71.5 Å². The largest absolute Gasteiger partial charge is 0.494 e. The van der Waals surface area contributed by atoms with Gasteiger partial charge in [0.05, 0.1) is 36.5 Å². The van der Waals surface area contributed by atoms with Gasteiger partial charge in [-0.25, -0.2) is 0 Å². The van der Waals surface area contributed by atoms with Crippen molar-refractivity contribution in [3.8, 4) is 23.6 Å². The Balaban J connectivity index is 1.71. The molecule has 0 bridgehead atoms. The van der Waals surface area contributed by atoms with Crippen molar-refractivity contribution in [1.82, 2.24) is 0 Å². The van der Waals surface area contributed by atoms with E-state index >= 15 is 0 Å². The van der Waals surface area contributed by atoms with Crippen molar-refractivity contribution >= 4 is 23.3 Å². The van der Waals surface area contributed by atoms with E-state index in [4.69, 9.17) is 9.47 Å². The van der Waals surface area contributed by atoms with Crippen molar-refractivity contribution in [3.05, 3.63) is 95.1 Å². The molecule has 3 aromatic rings. The molecule has 182 valence electrons. The first-order valence-corrected chi connectivity index (χ1v) is 12.5. The normalized spacial score (nSPS) is 11.4. The minimum Gasteiger partial charge on any atom is -0.494 e. The molecule has 36 heavy (non-hydrogen) atoms. The van der Waals surface area contributed by atoms with Crippen LogP contribution in [-0.2, 0) is 0 Å². The summed E-state index contributed by atoms with van der Waals surface area (Å²) in [5.74, 6) is 1.66. The first kappa shape index (κ1) is 26.3. The van der Waals surface area contributed by atoms with Gasteiger partial charge in [0.25, 0.3) is 0 Å². The maximum atomic E-state index is 9.73. The predicted molar refractivity (Wildman–Crippen MR) is 147 cm³/mol. The molecule has 3 rings (SSSR count). The summed E-state index contributed by atoms with van der Waals surface area (Å²) < 4.78 is 11.4. The Morgan fingerprint density at radius 2 is 0.972 bits per heavy atom. The molecule has 0 spiro atoms. The average molecular weight is 477 g/mol. The lowest BCUT2D eigenvalue weighted by molar-refractivity contribution is 0.309. The molecule has 0 amide bonds. The second kappa shape index (κ2) is 14.2. The van der Waals surface area contributed by atoms with Crippen LogP contribution in [0.4, 0.5) is 0 Å². The van der Waals surface area contributed by atoms with Crippen LogP contribution in [0.15, 0.2) is 72.8 Å². The molecule has 3 aromatic carbocycles. The maximum Gasteiger partial charge on any atom is 0.119 e. The molecule has 0 aliphatic heterocycles. The molecule has 0 N–H and O–H groups in total. The highest BCUT2D eigenvalue weighted by Crippen LogP contribution is 2.24. The van der Waals surface area contributed by atoms with Crippen LogP contribution in [0.3, 0.4) is 0 Å². The van der Waals surface area contributed by atoms with Crippen LogP contribution in [0.5, 0.6) is 11.5 Å². The molecule has 0 heterocycles. The minimum absolute atomic E-state index is 0.558. The Kier molecular flexibility index (Phi) is 10.4. The minimum atomic E-state index is 0.558. The van der Waals surface area contributed by atoms with E-state index in [0.29, 0.717) is 24.4 Å². The number of nitriles is 2. The van der Waals surface area contributed by atoms with E-state index in [1.54, 1.807) is 0 Å². The monoisotopic (exact) mass is 476 g/mol. The van der Waals surface area contributed by atoms with E-state index in [-0.39, 0.29) is 0 Å². The molecular formula is C32H32N2O2. The summed E-state index contributed by atoms with van der Waals surface area (Å²) in [7, 11) is 0. The lowest BCUT2D eigenvalue weighted by atomic mass is 9.99. The van der Waals surface area contributed by atoms with Gasteiger partial charge >= 0.3 is 0 Å². The van der Waals surface area contributed by atoms with Crippen LogP contribution in [0.1, 0.15) is 61.8 Å². The lowest BCUT2D eigenvalue weighted by Crippen LogP contribution is -1.96. The highest BCUT2D eigenvalue weighted by molar-refractivity contribution is 5.92. The molecule has 4 nitrogen and oxygen atoms in total. The molecule has 0 saturated heterocycles. The first-order chi connectivity index (χ1) is 17.7. The Hall–Kier alpha value is -4.28. The van der Waals surface area contributed by atoms with Crippen LogP contribution in [-0.4, -0.2) is 13.2 Å². The summed E-state index contributed by atoms with van der Waals surface area (Å²) in [4.78, 5) is 0. The third-order valence-corrected chi connectivity index (χ3v) is 5.66. The van der Waals surface area contributed by atoms with E-state index in [2.05, 4.69) is 26.0 Å². The van der Waals surface area contributed by atoms with Crippen molar-refractivity contribution in [2.24, 2.45) is 0 Å². The Morgan fingerprint density at radius 3 is 1.28 bits per heavy atom. The smallest absolute Gasteiger partial charge is 0.119 e. The van der Waals surface area contributed by atoms with Gasteiger partial charge in [-0.15, -0.1) is 0 Å². The van der Waals surface area contributed by atoms with Crippen LogP contribution in [0.2, 0.25) is 0 Å². The van der Waals surface area contributed by atoms with Gasteiger partial charge in [0.2, 0.25) is 0 Å². The fourth-order valence-electron chi connectivity index (χ4n) is 3.51. The van der Waals surface area contributed by atoms with Crippen molar-refractivity contribution in [1.29, 1.82) is 10.5 Å². The highest BCUT2D eigenvalue weighted by atomic mass is 16.5. The van der Waals surface area contributed by atoms with Gasteiger partial charge < -0.3 is 9.47 Å². The molecule has 4 heteroatoms. The lowest BCUT2D eigenvalue weighted by Gasteiger charge is -2.06. The van der Waals surface area contributed by atoms with Crippen molar-refractivity contribution in [2.75, 3.05) is 13.2 Å². The number of rotatable bonds is 12. The fraction of sp³-hybridized carbons (Fsp3) is 0.250. The van der Waals surface area contributed by atoms with Crippen LogP contribution in [0.25, 0.3) is 23.3 Å². The molecule has 0 aromatic heterocycles. The maximum absolute atomic E-state index is 9.73. The first-order valence-electron chi connectivity index (χ1n) is 12.5. The van der Waals surface area contributed by atoms with E-state index in [1.165, 1.54) is 0 Å². The summed E-state index contributed by atoms with van der Waals surface area (Å²) in [6.07, 6.45) is 7.96. The van der Waals surface area contributed by atoms with Crippen LogP contribution < -0.4 is 9.47 Å². The van der Waals surface area contributed by atoms with Crippen molar-refractivity contribution in [2.45, 2.75) is 39.5 Å². The number of nitrogens with zero attached hydrogens (tertiary/aromatic N) is 2. The molecular weight excluding hydrogens is 444 g/mol. The van der Waals surface area contributed by atoms with E-state index in [1.807, 2.05) is 84.9 Å². The second-order valence-corrected chi connectivity index (χ2v) is 8.46. The summed E-state index contributed by atoms with van der Waals surface area (Å²) in [6, 6.07) is 27.6. The van der Waals surface area contributed by atoms with E-state index in [0.717, 1.165) is 59.4 Å². The zero-order chi connectivity index (χ0) is 25.6. The molecule has 0 fully saturated rings. The van der Waals surface area contributed by atoms with E-state index < -0.39 is 0 Å². The van der Waals surface area contributed by atoms with Crippen molar-refractivity contribution < 1.29 is 9.47 Å². The quantitative estimate of drug-likeness (QED) is 0.150. The van der Waals surface area contributed by atoms with Gasteiger partial charge in [0, 0.05) is 0 Å². The number of allylic oxidation sites excluding steroid dienone is 2. The molecule has 0 atom stereocenters. The summed E-state index contributed by atoms with van der Waals surface area (Å²) in [5, 5.41) is 19.5. The van der Waals surface area contributed by atoms with Gasteiger partial charge in [0.15, 0.2) is 0 Å². The predicted octanol–water partition coefficient (Wildman–Crippen LogP) is 8.17. The zero-order valence-electron chi connectivity index (χ0n) is 21.0. The number of benzene rings is 3. The van der Waals surface area contributed by atoms with Gasteiger partial charge in [-0.2, -0.15) is 10.5 Å². The Labute approximate surface area is 214 Å². The number of hydrogen-bond acceptors (Lipinski definition) is 4. The average Bonchev–Trinajstić information content (AvgIpc) is 2.92. The standard InChI is InChI=1S/C32H32N2O2/c1-3-5-19-35-31-15-7-25(8-16-31)21-29(23-33)27-11-13-28(14-12-27)30(24-34)22-26-9-17-32(18-10-26)36-20-6-4-2/h7-18,21-22H,3-6,19-20H2,1-2H3/b29-21-,30-22+. The Morgan fingerprint density at radius 1 is 0.611 bits per heavy atom. The summed E-state index contributed by atoms with van der Waals surface area (Å²) in [5.41, 5.74) is 4.58. The molecule has 0 aliphatic carbocycles.